The summed E-state index contributed by atoms with van der Waals surface area (Å²) in [6.07, 6.45) is 6.23. The van der Waals surface area contributed by atoms with Crippen molar-refractivity contribution in [2.24, 2.45) is 0 Å². The zero-order chi connectivity index (χ0) is 19.8. The first-order chi connectivity index (χ1) is 14.2. The van der Waals surface area contributed by atoms with Crippen molar-refractivity contribution in [3.8, 4) is 16.9 Å². The lowest BCUT2D eigenvalue weighted by atomic mass is 10.2. The molecule has 0 amide bonds. The van der Waals surface area contributed by atoms with E-state index in [0.717, 1.165) is 52.9 Å². The van der Waals surface area contributed by atoms with Crippen LogP contribution in [0.5, 0.6) is 0 Å². The first-order valence-corrected chi connectivity index (χ1v) is 10.7. The number of fused-ring (bicyclic) bond motifs is 1. The van der Waals surface area contributed by atoms with Crippen LogP contribution in [0, 0.1) is 0 Å². The van der Waals surface area contributed by atoms with E-state index in [0.29, 0.717) is 10.9 Å². The molecule has 0 unspecified atom stereocenters. The molecule has 0 aliphatic carbocycles. The van der Waals surface area contributed by atoms with Crippen LogP contribution >= 0.6 is 15.9 Å². The summed E-state index contributed by atoms with van der Waals surface area (Å²) in [6.45, 7) is 0.901. The first-order valence-electron chi connectivity index (χ1n) is 9.95. The van der Waals surface area contributed by atoms with E-state index in [-0.39, 0.29) is 5.56 Å². The van der Waals surface area contributed by atoms with Gasteiger partial charge in [0.15, 0.2) is 5.65 Å². The fraction of sp³-hybridized carbons (Fsp3) is 0.217. The summed E-state index contributed by atoms with van der Waals surface area (Å²) in [5.41, 5.74) is 4.41. The van der Waals surface area contributed by atoms with Crippen LogP contribution in [0.1, 0.15) is 25.7 Å². The fourth-order valence-electron chi connectivity index (χ4n) is 3.97. The van der Waals surface area contributed by atoms with E-state index in [2.05, 4.69) is 21.2 Å². The van der Waals surface area contributed by atoms with Crippen molar-refractivity contribution in [1.29, 1.82) is 0 Å². The zero-order valence-corrected chi connectivity index (χ0v) is 17.5. The Morgan fingerprint density at radius 3 is 2.55 bits per heavy atom. The summed E-state index contributed by atoms with van der Waals surface area (Å²) in [6, 6.07) is 17.8. The molecule has 1 N–H and O–H groups in total. The molecule has 0 spiro atoms. The third kappa shape index (κ3) is 3.27. The predicted octanol–water partition coefficient (Wildman–Crippen LogP) is 3.91. The molecule has 3 heterocycles. The summed E-state index contributed by atoms with van der Waals surface area (Å²) in [4.78, 5) is 18.4. The maximum Gasteiger partial charge on any atom is 0.283 e. The van der Waals surface area contributed by atoms with Crippen LogP contribution in [0.3, 0.4) is 0 Å². The van der Waals surface area contributed by atoms with Gasteiger partial charge in [0.1, 0.15) is 5.22 Å². The number of para-hydroxylation sites is 1. The minimum absolute atomic E-state index is 0.0227. The van der Waals surface area contributed by atoms with Crippen LogP contribution in [0.15, 0.2) is 70.1 Å². The summed E-state index contributed by atoms with van der Waals surface area (Å²) in [5, 5.41) is 4.19. The maximum absolute atomic E-state index is 13.5. The maximum atomic E-state index is 13.5. The quantitative estimate of drug-likeness (QED) is 0.505. The van der Waals surface area contributed by atoms with E-state index in [9.17, 15) is 4.79 Å². The SMILES string of the molecule is O=c1/c(=C2/CCCCCN2)c2nc(-c3ccc(Br)cc3)cn2n1-c1ccccc1. The van der Waals surface area contributed by atoms with Gasteiger partial charge in [0, 0.05) is 22.3 Å². The van der Waals surface area contributed by atoms with E-state index in [1.807, 2.05) is 65.3 Å². The lowest BCUT2D eigenvalue weighted by Crippen LogP contribution is -2.33. The van der Waals surface area contributed by atoms with Crippen LogP contribution in [-0.2, 0) is 0 Å². The highest BCUT2D eigenvalue weighted by molar-refractivity contribution is 9.10. The lowest BCUT2D eigenvalue weighted by Gasteiger charge is -2.04. The van der Waals surface area contributed by atoms with Gasteiger partial charge in [-0.1, -0.05) is 52.7 Å². The van der Waals surface area contributed by atoms with Gasteiger partial charge in [0.05, 0.1) is 17.6 Å². The summed E-state index contributed by atoms with van der Waals surface area (Å²) >= 11 is 3.49. The third-order valence-corrected chi connectivity index (χ3v) is 5.95. The lowest BCUT2D eigenvalue weighted by molar-refractivity contribution is 0.721. The molecular formula is C23H21BrN4O. The van der Waals surface area contributed by atoms with Gasteiger partial charge in [-0.25, -0.2) is 14.2 Å². The molecule has 0 saturated carbocycles. The highest BCUT2D eigenvalue weighted by Crippen LogP contribution is 2.22. The van der Waals surface area contributed by atoms with Gasteiger partial charge in [0.2, 0.25) is 0 Å². The molecule has 4 aromatic rings. The normalized spacial score (nSPS) is 16.6. The number of nitrogens with one attached hydrogen (secondary N) is 1. The number of hydrogen-bond donors (Lipinski definition) is 1. The van der Waals surface area contributed by atoms with Crippen molar-refractivity contribution in [3.63, 3.8) is 0 Å². The van der Waals surface area contributed by atoms with Gasteiger partial charge in [-0.05, 0) is 43.5 Å². The largest absolute Gasteiger partial charge is 0.388 e. The summed E-state index contributed by atoms with van der Waals surface area (Å²) in [7, 11) is 0. The molecule has 5 nitrogen and oxygen atoms in total. The van der Waals surface area contributed by atoms with Gasteiger partial charge in [-0.3, -0.25) is 4.79 Å². The van der Waals surface area contributed by atoms with Crippen molar-refractivity contribution >= 4 is 27.3 Å². The van der Waals surface area contributed by atoms with E-state index in [1.165, 1.54) is 6.42 Å². The minimum Gasteiger partial charge on any atom is -0.388 e. The van der Waals surface area contributed by atoms with E-state index in [1.54, 1.807) is 4.68 Å². The highest BCUT2D eigenvalue weighted by atomic mass is 79.9. The van der Waals surface area contributed by atoms with Gasteiger partial charge >= 0.3 is 0 Å². The molecule has 6 heteroatoms. The molecular weight excluding hydrogens is 428 g/mol. The number of rotatable bonds is 2. The number of imidazole rings is 1. The smallest absolute Gasteiger partial charge is 0.283 e. The van der Waals surface area contributed by atoms with Crippen molar-refractivity contribution in [1.82, 2.24) is 19.5 Å². The molecule has 2 aromatic carbocycles. The first kappa shape index (κ1) is 18.2. The second-order valence-electron chi connectivity index (χ2n) is 7.34. The Labute approximate surface area is 176 Å². The van der Waals surface area contributed by atoms with Crippen molar-refractivity contribution in [2.75, 3.05) is 6.54 Å². The number of nitrogens with zero attached hydrogens (tertiary/aromatic N) is 3. The van der Waals surface area contributed by atoms with Gasteiger partial charge in [0.25, 0.3) is 5.56 Å². The number of benzene rings is 2. The predicted molar refractivity (Wildman–Crippen MR) is 119 cm³/mol. The van der Waals surface area contributed by atoms with Crippen LogP contribution in [0.25, 0.3) is 28.3 Å². The molecule has 1 aliphatic heterocycles. The topological polar surface area (TPSA) is 51.3 Å². The second kappa shape index (κ2) is 7.52. The minimum atomic E-state index is -0.0227. The van der Waals surface area contributed by atoms with Gasteiger partial charge in [-0.2, -0.15) is 0 Å². The number of hydrogen-bond acceptors (Lipinski definition) is 3. The van der Waals surface area contributed by atoms with Crippen LogP contribution < -0.4 is 16.1 Å². The Hall–Kier alpha value is -2.86. The molecule has 0 bridgehead atoms. The molecule has 5 rings (SSSR count). The number of halogens is 1. The molecule has 0 atom stereocenters. The molecule has 29 heavy (non-hydrogen) atoms. The average molecular weight is 449 g/mol. The Morgan fingerprint density at radius 1 is 0.966 bits per heavy atom. The van der Waals surface area contributed by atoms with Crippen molar-refractivity contribution in [3.05, 3.63) is 80.8 Å². The van der Waals surface area contributed by atoms with E-state index < -0.39 is 0 Å². The van der Waals surface area contributed by atoms with Crippen LogP contribution in [0.2, 0.25) is 0 Å². The Bertz CT molecular complexity index is 1260. The van der Waals surface area contributed by atoms with E-state index >= 15 is 0 Å². The Morgan fingerprint density at radius 2 is 1.76 bits per heavy atom. The standard InChI is InChI=1S/C23H21BrN4O/c24-17-12-10-16(11-13-17)20-15-27-22(26-20)21(19-9-5-2-6-14-25-19)23(29)28(27)18-7-3-1-4-8-18/h1,3-4,7-8,10-13,15,25H,2,5-6,9,14H2/b21-19-. The van der Waals surface area contributed by atoms with Gasteiger partial charge < -0.3 is 5.32 Å². The molecule has 1 saturated heterocycles. The monoisotopic (exact) mass is 448 g/mol. The van der Waals surface area contributed by atoms with E-state index in [4.69, 9.17) is 4.98 Å². The molecule has 1 aliphatic rings. The molecule has 1 fully saturated rings. The Kier molecular flexibility index (Phi) is 4.72. The summed E-state index contributed by atoms with van der Waals surface area (Å²) < 4.78 is 4.64. The highest BCUT2D eigenvalue weighted by Gasteiger charge is 2.19. The summed E-state index contributed by atoms with van der Waals surface area (Å²) in [5.74, 6) is 0. The Balaban J connectivity index is 1.82. The van der Waals surface area contributed by atoms with Crippen LogP contribution in [0.4, 0.5) is 0 Å². The molecule has 0 radical (unpaired) electrons. The number of aromatic nitrogens is 3. The van der Waals surface area contributed by atoms with Crippen molar-refractivity contribution in [2.45, 2.75) is 25.7 Å². The van der Waals surface area contributed by atoms with Gasteiger partial charge in [-0.15, -0.1) is 0 Å². The van der Waals surface area contributed by atoms with Crippen molar-refractivity contribution < 1.29 is 0 Å². The average Bonchev–Trinajstić information content (AvgIpc) is 3.12. The second-order valence-corrected chi connectivity index (χ2v) is 8.26. The fourth-order valence-corrected chi connectivity index (χ4v) is 4.24. The molecule has 146 valence electrons. The van der Waals surface area contributed by atoms with Crippen LogP contribution in [-0.4, -0.2) is 20.7 Å². The zero-order valence-electron chi connectivity index (χ0n) is 15.9. The third-order valence-electron chi connectivity index (χ3n) is 5.42. The molecule has 2 aromatic heterocycles.